The van der Waals surface area contributed by atoms with Crippen molar-refractivity contribution in [3.63, 3.8) is 0 Å². The van der Waals surface area contributed by atoms with E-state index in [2.05, 4.69) is 10.3 Å². The number of aromatic nitrogens is 1. The lowest BCUT2D eigenvalue weighted by Crippen LogP contribution is -2.56. The van der Waals surface area contributed by atoms with E-state index in [0.29, 0.717) is 5.52 Å². The first kappa shape index (κ1) is 19.4. The lowest BCUT2D eigenvalue weighted by molar-refractivity contribution is -0.144. The number of likely N-dealkylation sites (tertiary alicyclic amines) is 1. The van der Waals surface area contributed by atoms with E-state index in [4.69, 9.17) is 0 Å². The second kappa shape index (κ2) is 6.84. The van der Waals surface area contributed by atoms with Crippen LogP contribution < -0.4 is 5.32 Å². The molecular formula is C20H16F5N3O. The van der Waals surface area contributed by atoms with E-state index in [1.165, 1.54) is 23.2 Å². The number of aromatic amines is 1. The highest BCUT2D eigenvalue weighted by molar-refractivity contribution is 6.09. The number of carbonyl (C=O) groups excluding carboxylic acids is 1. The molecule has 0 radical (unpaired) electrons. The fourth-order valence-electron chi connectivity index (χ4n) is 3.44. The van der Waals surface area contributed by atoms with E-state index in [0.717, 1.165) is 18.2 Å². The predicted octanol–water partition coefficient (Wildman–Crippen LogP) is 4.85. The number of hydrogen-bond acceptors (Lipinski definition) is 2. The first-order valence-electron chi connectivity index (χ1n) is 8.83. The predicted molar refractivity (Wildman–Crippen MR) is 97.5 cm³/mol. The number of anilines is 1. The van der Waals surface area contributed by atoms with Gasteiger partial charge in [0.15, 0.2) is 11.6 Å². The third kappa shape index (κ3) is 3.57. The van der Waals surface area contributed by atoms with Gasteiger partial charge in [-0.15, -0.1) is 0 Å². The van der Waals surface area contributed by atoms with Crippen LogP contribution >= 0.6 is 0 Å². The summed E-state index contributed by atoms with van der Waals surface area (Å²) in [5.74, 6) is -6.18. The van der Waals surface area contributed by atoms with E-state index in [1.807, 2.05) is 0 Å². The molecule has 1 fully saturated rings. The minimum Gasteiger partial charge on any atom is -0.359 e. The first-order valence-corrected chi connectivity index (χ1v) is 8.83. The quantitative estimate of drug-likeness (QED) is 0.606. The molecule has 1 amide bonds. The smallest absolute Gasteiger partial charge is 0.272 e. The molecule has 1 aliphatic rings. The van der Waals surface area contributed by atoms with Gasteiger partial charge in [-0.25, -0.2) is 22.0 Å². The van der Waals surface area contributed by atoms with Crippen LogP contribution in [0.4, 0.5) is 27.6 Å². The third-order valence-corrected chi connectivity index (χ3v) is 5.10. The molecule has 4 nitrogen and oxygen atoms in total. The molecule has 4 rings (SSSR count). The summed E-state index contributed by atoms with van der Waals surface area (Å²) in [6.45, 7) is 0.744. The highest BCUT2D eigenvalue weighted by atomic mass is 19.3. The van der Waals surface area contributed by atoms with E-state index < -0.39 is 48.4 Å². The first-order chi connectivity index (χ1) is 13.6. The Labute approximate surface area is 162 Å². The Kier molecular flexibility index (Phi) is 4.57. The van der Waals surface area contributed by atoms with Crippen molar-refractivity contribution >= 4 is 22.5 Å². The fraction of sp³-hybridized carbons (Fsp3) is 0.250. The normalized spacial score (nSPS) is 17.2. The van der Waals surface area contributed by atoms with Crippen molar-refractivity contribution in [2.75, 3.05) is 18.4 Å². The van der Waals surface area contributed by atoms with Crippen molar-refractivity contribution in [3.8, 4) is 0 Å². The maximum Gasteiger partial charge on any atom is 0.272 e. The molecule has 0 unspecified atom stereocenters. The maximum absolute atomic E-state index is 14.5. The van der Waals surface area contributed by atoms with Gasteiger partial charge in [0, 0.05) is 34.8 Å². The number of rotatable bonds is 4. The molecule has 0 saturated carbocycles. The fourth-order valence-corrected chi connectivity index (χ4v) is 3.44. The number of fused-ring (bicyclic) bond motifs is 1. The molecule has 1 saturated heterocycles. The van der Waals surface area contributed by atoms with Crippen molar-refractivity contribution in [1.82, 2.24) is 9.88 Å². The molecule has 1 aliphatic heterocycles. The average molecular weight is 409 g/mol. The van der Waals surface area contributed by atoms with Crippen LogP contribution in [0.2, 0.25) is 0 Å². The Bertz CT molecular complexity index is 1100. The summed E-state index contributed by atoms with van der Waals surface area (Å²) in [7, 11) is 0. The van der Waals surface area contributed by atoms with Crippen molar-refractivity contribution in [3.05, 3.63) is 65.1 Å². The summed E-state index contributed by atoms with van der Waals surface area (Å²) in [5.41, 5.74) is 0.719. The standard InChI is InChI=1S/C20H16F5N3O/c1-10(28-8-20(24,25)9-28)12-3-2-11(4-14(12)21)19(29)27-18-7-26-17-6-16(23)15(22)5-13(17)18/h2-7,10,26H,8-9H2,1H3,(H,27,29)/t10-/m1/s1. The van der Waals surface area contributed by atoms with Gasteiger partial charge in [-0.2, -0.15) is 0 Å². The number of amides is 1. The summed E-state index contributed by atoms with van der Waals surface area (Å²) in [4.78, 5) is 16.6. The topological polar surface area (TPSA) is 48.1 Å². The second-order valence-corrected chi connectivity index (χ2v) is 7.14. The molecule has 9 heteroatoms. The van der Waals surface area contributed by atoms with E-state index >= 15 is 0 Å². The summed E-state index contributed by atoms with van der Waals surface area (Å²) in [6.07, 6.45) is 1.37. The number of carbonyl (C=O) groups is 1. The Balaban J connectivity index is 1.52. The molecule has 2 heterocycles. The van der Waals surface area contributed by atoms with Gasteiger partial charge >= 0.3 is 0 Å². The Morgan fingerprint density at radius 3 is 2.45 bits per heavy atom. The van der Waals surface area contributed by atoms with Crippen molar-refractivity contribution in [2.45, 2.75) is 18.9 Å². The molecule has 0 aliphatic carbocycles. The van der Waals surface area contributed by atoms with Crippen LogP contribution in [0.25, 0.3) is 10.9 Å². The number of benzene rings is 2. The van der Waals surface area contributed by atoms with Gasteiger partial charge in [0.2, 0.25) is 0 Å². The van der Waals surface area contributed by atoms with E-state index in [-0.39, 0.29) is 22.2 Å². The van der Waals surface area contributed by atoms with Crippen molar-refractivity contribution in [2.24, 2.45) is 0 Å². The Hall–Kier alpha value is -2.94. The van der Waals surface area contributed by atoms with Gasteiger partial charge in [-0.05, 0) is 25.1 Å². The lowest BCUT2D eigenvalue weighted by atomic mass is 9.99. The second-order valence-electron chi connectivity index (χ2n) is 7.14. The Morgan fingerprint density at radius 2 is 1.79 bits per heavy atom. The third-order valence-electron chi connectivity index (χ3n) is 5.10. The van der Waals surface area contributed by atoms with Gasteiger partial charge in [0.1, 0.15) is 5.82 Å². The van der Waals surface area contributed by atoms with Crippen LogP contribution in [-0.4, -0.2) is 34.8 Å². The van der Waals surface area contributed by atoms with E-state index in [1.54, 1.807) is 6.92 Å². The maximum atomic E-state index is 14.5. The average Bonchev–Trinajstić information content (AvgIpc) is 3.01. The molecule has 152 valence electrons. The molecule has 3 aromatic rings. The summed E-state index contributed by atoms with van der Waals surface area (Å²) < 4.78 is 67.4. The van der Waals surface area contributed by atoms with Crippen molar-refractivity contribution < 1.29 is 26.7 Å². The minimum absolute atomic E-state index is 0.00400. The number of hydrogen-bond donors (Lipinski definition) is 2. The monoisotopic (exact) mass is 409 g/mol. The molecule has 2 aromatic carbocycles. The summed E-state index contributed by atoms with van der Waals surface area (Å²) >= 11 is 0. The van der Waals surface area contributed by atoms with Crippen LogP contribution in [0.1, 0.15) is 28.9 Å². The molecular weight excluding hydrogens is 393 g/mol. The van der Waals surface area contributed by atoms with Gasteiger partial charge in [-0.1, -0.05) is 6.07 Å². The SMILES string of the molecule is C[C@H](c1ccc(C(=O)Nc2c[nH]c3cc(F)c(F)cc23)cc1F)N1CC(F)(F)C1. The minimum atomic E-state index is -2.76. The van der Waals surface area contributed by atoms with Gasteiger partial charge in [0.25, 0.3) is 11.8 Å². The zero-order chi connectivity index (χ0) is 20.9. The highest BCUT2D eigenvalue weighted by Crippen LogP contribution is 2.35. The summed E-state index contributed by atoms with van der Waals surface area (Å²) in [6, 6.07) is 5.15. The molecule has 2 N–H and O–H groups in total. The van der Waals surface area contributed by atoms with Gasteiger partial charge in [0.05, 0.1) is 24.3 Å². The molecule has 0 spiro atoms. The van der Waals surface area contributed by atoms with Crippen LogP contribution in [-0.2, 0) is 0 Å². The van der Waals surface area contributed by atoms with Crippen molar-refractivity contribution in [1.29, 1.82) is 0 Å². The Morgan fingerprint density at radius 1 is 1.10 bits per heavy atom. The number of nitrogens with one attached hydrogen (secondary N) is 2. The van der Waals surface area contributed by atoms with Gasteiger partial charge < -0.3 is 10.3 Å². The zero-order valence-corrected chi connectivity index (χ0v) is 15.2. The van der Waals surface area contributed by atoms with E-state index in [9.17, 15) is 26.7 Å². The molecule has 0 bridgehead atoms. The zero-order valence-electron chi connectivity index (χ0n) is 15.2. The van der Waals surface area contributed by atoms with Crippen LogP contribution in [0.5, 0.6) is 0 Å². The molecule has 29 heavy (non-hydrogen) atoms. The molecule has 1 aromatic heterocycles. The number of H-pyrrole nitrogens is 1. The number of halogens is 5. The molecule has 1 atom stereocenters. The number of alkyl halides is 2. The van der Waals surface area contributed by atoms with Gasteiger partial charge in [-0.3, -0.25) is 9.69 Å². The van der Waals surface area contributed by atoms with Crippen LogP contribution in [0, 0.1) is 17.5 Å². The highest BCUT2D eigenvalue weighted by Gasteiger charge is 2.46. The number of nitrogens with zero attached hydrogens (tertiary/aromatic N) is 1. The largest absolute Gasteiger partial charge is 0.359 e. The van der Waals surface area contributed by atoms with Crippen LogP contribution in [0.15, 0.2) is 36.5 Å². The van der Waals surface area contributed by atoms with Crippen LogP contribution in [0.3, 0.4) is 0 Å². The lowest BCUT2D eigenvalue weighted by Gasteiger charge is -2.42. The summed E-state index contributed by atoms with van der Waals surface area (Å²) in [5, 5.41) is 2.79.